The predicted molar refractivity (Wildman–Crippen MR) is 69.0 cm³/mol. The summed E-state index contributed by atoms with van der Waals surface area (Å²) >= 11 is 0. The zero-order valence-electron chi connectivity index (χ0n) is 11.3. The smallest absolute Gasteiger partial charge is 0.326 e. The van der Waals surface area contributed by atoms with Crippen LogP contribution in [-0.2, 0) is 16.0 Å². The van der Waals surface area contributed by atoms with Crippen molar-refractivity contribution in [3.8, 4) is 6.07 Å². The Morgan fingerprint density at radius 2 is 1.90 bits per heavy atom. The topological polar surface area (TPSA) is 90.2 Å². The van der Waals surface area contributed by atoms with Crippen molar-refractivity contribution in [2.45, 2.75) is 25.8 Å². The van der Waals surface area contributed by atoms with Crippen LogP contribution in [0, 0.1) is 28.9 Å². The second-order valence-corrected chi connectivity index (χ2v) is 4.68. The Hall–Kier alpha value is -2.49. The van der Waals surface area contributed by atoms with Crippen LogP contribution in [0.3, 0.4) is 0 Å². The van der Waals surface area contributed by atoms with Crippen LogP contribution in [0.1, 0.15) is 18.9 Å². The van der Waals surface area contributed by atoms with E-state index in [-0.39, 0.29) is 18.4 Å². The highest BCUT2D eigenvalue weighted by Gasteiger charge is 2.22. The van der Waals surface area contributed by atoms with Crippen LogP contribution in [0.5, 0.6) is 0 Å². The van der Waals surface area contributed by atoms with Gasteiger partial charge in [0.1, 0.15) is 17.7 Å². The van der Waals surface area contributed by atoms with Gasteiger partial charge in [-0.15, -0.1) is 0 Å². The first-order valence-corrected chi connectivity index (χ1v) is 6.18. The van der Waals surface area contributed by atoms with Crippen LogP contribution < -0.4 is 5.32 Å². The van der Waals surface area contributed by atoms with E-state index in [4.69, 9.17) is 10.4 Å². The second-order valence-electron chi connectivity index (χ2n) is 4.68. The molecule has 0 spiro atoms. The maximum absolute atomic E-state index is 13.0. The molecule has 0 saturated heterocycles. The van der Waals surface area contributed by atoms with Gasteiger partial charge in [-0.2, -0.15) is 5.26 Å². The van der Waals surface area contributed by atoms with Gasteiger partial charge in [0.05, 0.1) is 12.5 Å². The molecule has 5 nitrogen and oxygen atoms in total. The van der Waals surface area contributed by atoms with Gasteiger partial charge in [-0.05, 0) is 31.0 Å². The van der Waals surface area contributed by atoms with Gasteiger partial charge in [0.15, 0.2) is 0 Å². The first kappa shape index (κ1) is 16.6. The molecule has 0 unspecified atom stereocenters. The van der Waals surface area contributed by atoms with E-state index in [9.17, 15) is 18.4 Å². The molecule has 0 aromatic heterocycles. The molecule has 0 heterocycles. The third-order valence-electron chi connectivity index (χ3n) is 2.73. The number of benzene rings is 1. The molecule has 0 aliphatic rings. The zero-order valence-corrected chi connectivity index (χ0v) is 11.3. The molecule has 0 radical (unpaired) electrons. The minimum Gasteiger partial charge on any atom is -0.480 e. The quantitative estimate of drug-likeness (QED) is 0.834. The summed E-state index contributed by atoms with van der Waals surface area (Å²) in [6, 6.07) is 3.33. The summed E-state index contributed by atoms with van der Waals surface area (Å²) in [5, 5.41) is 19.9. The van der Waals surface area contributed by atoms with Crippen LogP contribution in [0.4, 0.5) is 8.78 Å². The standard InChI is InChI=1S/C14H14F2N2O3/c1-8(7-17)2-12(14(20)21)18-13(19)5-9-3-10(15)6-11(16)4-9/h3-4,6,8,12H,2,5H2,1H3,(H,18,19)(H,20,21)/t8-,12+/m0/s1. The Morgan fingerprint density at radius 3 is 2.38 bits per heavy atom. The first-order valence-electron chi connectivity index (χ1n) is 6.18. The van der Waals surface area contributed by atoms with Gasteiger partial charge < -0.3 is 10.4 Å². The van der Waals surface area contributed by atoms with Crippen molar-refractivity contribution >= 4 is 11.9 Å². The predicted octanol–water partition coefficient (Wildman–Crippen LogP) is 1.63. The lowest BCUT2D eigenvalue weighted by Gasteiger charge is -2.15. The summed E-state index contributed by atoms with van der Waals surface area (Å²) < 4.78 is 26.0. The van der Waals surface area contributed by atoms with Gasteiger partial charge >= 0.3 is 5.97 Å². The third-order valence-corrected chi connectivity index (χ3v) is 2.73. The molecule has 1 rings (SSSR count). The number of nitriles is 1. The summed E-state index contributed by atoms with van der Waals surface area (Å²) in [7, 11) is 0. The van der Waals surface area contributed by atoms with E-state index < -0.39 is 35.5 Å². The van der Waals surface area contributed by atoms with E-state index >= 15 is 0 Å². The summed E-state index contributed by atoms with van der Waals surface area (Å²) in [5.74, 6) is -4.12. The third kappa shape index (κ3) is 5.57. The highest BCUT2D eigenvalue weighted by Crippen LogP contribution is 2.10. The van der Waals surface area contributed by atoms with E-state index in [2.05, 4.69) is 5.32 Å². The molecule has 112 valence electrons. The summed E-state index contributed by atoms with van der Waals surface area (Å²) in [6.07, 6.45) is -0.394. The highest BCUT2D eigenvalue weighted by molar-refractivity contribution is 5.84. The Balaban J connectivity index is 2.70. The normalized spacial score (nSPS) is 13.0. The minimum absolute atomic E-state index is 0.0465. The molecule has 1 aromatic carbocycles. The lowest BCUT2D eigenvalue weighted by Crippen LogP contribution is -2.42. The molecule has 0 saturated carbocycles. The lowest BCUT2D eigenvalue weighted by molar-refractivity contribution is -0.142. The number of hydrogen-bond donors (Lipinski definition) is 2. The molecule has 0 aliphatic carbocycles. The average Bonchev–Trinajstić information content (AvgIpc) is 2.36. The maximum atomic E-state index is 13.0. The summed E-state index contributed by atoms with van der Waals surface area (Å²) in [4.78, 5) is 22.7. The summed E-state index contributed by atoms with van der Waals surface area (Å²) in [5.41, 5.74) is 0.0995. The molecule has 0 aliphatic heterocycles. The number of carboxylic acid groups (broad SMARTS) is 1. The first-order chi connectivity index (χ1) is 9.81. The van der Waals surface area contributed by atoms with Gasteiger partial charge in [-0.3, -0.25) is 4.79 Å². The van der Waals surface area contributed by atoms with E-state index in [0.29, 0.717) is 6.07 Å². The fraction of sp³-hybridized carbons (Fsp3) is 0.357. The molecule has 21 heavy (non-hydrogen) atoms. The van der Waals surface area contributed by atoms with Crippen LogP contribution >= 0.6 is 0 Å². The Bertz CT molecular complexity index is 564. The number of nitrogens with one attached hydrogen (secondary N) is 1. The molecule has 2 N–H and O–H groups in total. The molecule has 0 bridgehead atoms. The Morgan fingerprint density at radius 1 is 1.33 bits per heavy atom. The Kier molecular flexibility index (Phi) is 5.79. The number of aliphatic carboxylic acids is 1. The fourth-order valence-corrected chi connectivity index (χ4v) is 1.77. The van der Waals surface area contributed by atoms with Crippen LogP contribution in [0.25, 0.3) is 0 Å². The second kappa shape index (κ2) is 7.33. The van der Waals surface area contributed by atoms with Gasteiger partial charge in [-0.25, -0.2) is 13.6 Å². The van der Waals surface area contributed by atoms with E-state index in [1.807, 2.05) is 6.07 Å². The number of hydrogen-bond acceptors (Lipinski definition) is 3. The lowest BCUT2D eigenvalue weighted by atomic mass is 10.0. The number of nitrogens with zero attached hydrogens (tertiary/aromatic N) is 1. The molecule has 2 atom stereocenters. The molecular formula is C14H14F2N2O3. The van der Waals surface area contributed by atoms with Gasteiger partial charge in [-0.1, -0.05) is 0 Å². The monoisotopic (exact) mass is 296 g/mol. The SMILES string of the molecule is C[C@H](C#N)C[C@@H](NC(=O)Cc1cc(F)cc(F)c1)C(=O)O. The van der Waals surface area contributed by atoms with E-state index in [1.54, 1.807) is 0 Å². The van der Waals surface area contributed by atoms with Crippen molar-refractivity contribution in [1.29, 1.82) is 5.26 Å². The number of rotatable bonds is 6. The van der Waals surface area contributed by atoms with Crippen molar-refractivity contribution in [3.05, 3.63) is 35.4 Å². The number of carboxylic acids is 1. The Labute approximate surface area is 120 Å². The van der Waals surface area contributed by atoms with Crippen LogP contribution in [0.15, 0.2) is 18.2 Å². The van der Waals surface area contributed by atoms with Crippen molar-refractivity contribution in [2.24, 2.45) is 5.92 Å². The van der Waals surface area contributed by atoms with E-state index in [1.165, 1.54) is 6.92 Å². The highest BCUT2D eigenvalue weighted by atomic mass is 19.1. The molecule has 0 fully saturated rings. The number of amides is 1. The fourth-order valence-electron chi connectivity index (χ4n) is 1.77. The van der Waals surface area contributed by atoms with Crippen LogP contribution in [0.2, 0.25) is 0 Å². The van der Waals surface area contributed by atoms with Gasteiger partial charge in [0.25, 0.3) is 0 Å². The van der Waals surface area contributed by atoms with Crippen molar-refractivity contribution in [3.63, 3.8) is 0 Å². The average molecular weight is 296 g/mol. The maximum Gasteiger partial charge on any atom is 0.326 e. The van der Waals surface area contributed by atoms with Crippen molar-refractivity contribution < 1.29 is 23.5 Å². The van der Waals surface area contributed by atoms with Gasteiger partial charge in [0, 0.05) is 12.0 Å². The number of carbonyl (C=O) groups excluding carboxylic acids is 1. The van der Waals surface area contributed by atoms with E-state index in [0.717, 1.165) is 12.1 Å². The molecule has 7 heteroatoms. The number of halogens is 2. The summed E-state index contributed by atoms with van der Waals surface area (Å²) in [6.45, 7) is 1.53. The van der Waals surface area contributed by atoms with Gasteiger partial charge in [0.2, 0.25) is 5.91 Å². The minimum atomic E-state index is -1.27. The molecular weight excluding hydrogens is 282 g/mol. The zero-order chi connectivity index (χ0) is 16.0. The van der Waals surface area contributed by atoms with Crippen molar-refractivity contribution in [1.82, 2.24) is 5.32 Å². The number of carbonyl (C=O) groups is 2. The van der Waals surface area contributed by atoms with Crippen LogP contribution in [-0.4, -0.2) is 23.0 Å². The van der Waals surface area contributed by atoms with Crippen molar-refractivity contribution in [2.75, 3.05) is 0 Å². The molecule has 1 amide bonds. The molecule has 1 aromatic rings. The largest absolute Gasteiger partial charge is 0.480 e.